The number of fused-ring (bicyclic) bond motifs is 1. The molecule has 2 aromatic rings. The Labute approximate surface area is 146 Å². The van der Waals surface area contributed by atoms with E-state index in [1.165, 1.54) is 0 Å². The zero-order valence-electron chi connectivity index (χ0n) is 14.5. The molecule has 2 N–H and O–H groups in total. The van der Waals surface area contributed by atoms with E-state index in [0.717, 1.165) is 46.2 Å². The van der Waals surface area contributed by atoms with Crippen LogP contribution in [0, 0.1) is 13.8 Å². The summed E-state index contributed by atoms with van der Waals surface area (Å²) in [6.45, 7) is 7.86. The molecule has 1 aliphatic carbocycles. The van der Waals surface area contributed by atoms with Crippen molar-refractivity contribution in [2.45, 2.75) is 58.5 Å². The van der Waals surface area contributed by atoms with Crippen LogP contribution in [0.25, 0.3) is 0 Å². The van der Waals surface area contributed by atoms with Crippen LogP contribution in [0.4, 0.5) is 4.79 Å². The number of hydrogen-bond acceptors (Lipinski definition) is 5. The number of aromatic nitrogens is 3. The first-order valence-electron chi connectivity index (χ1n) is 8.16. The summed E-state index contributed by atoms with van der Waals surface area (Å²) in [5.41, 5.74) is 1.75. The molecule has 24 heavy (non-hydrogen) atoms. The predicted octanol–water partition coefficient (Wildman–Crippen LogP) is 2.64. The summed E-state index contributed by atoms with van der Waals surface area (Å²) in [4.78, 5) is 26.7. The molecular weight excluding hydrogens is 322 g/mol. The van der Waals surface area contributed by atoms with E-state index in [0.29, 0.717) is 0 Å². The quantitative estimate of drug-likeness (QED) is 0.896. The SMILES string of the molecule is Cc1ncc2c(n1)CCC(NC(=O)NC(C)(C)c1ncc(C)s1)C2. The van der Waals surface area contributed by atoms with Gasteiger partial charge in [0.15, 0.2) is 0 Å². The molecule has 2 heterocycles. The van der Waals surface area contributed by atoms with E-state index < -0.39 is 5.54 Å². The molecule has 0 aliphatic heterocycles. The number of aryl methyl sites for hydroxylation is 3. The molecule has 0 radical (unpaired) electrons. The van der Waals surface area contributed by atoms with Crippen LogP contribution in [0.5, 0.6) is 0 Å². The summed E-state index contributed by atoms with van der Waals surface area (Å²) in [6, 6.07) is -0.0491. The van der Waals surface area contributed by atoms with Crippen LogP contribution in [0.3, 0.4) is 0 Å². The Morgan fingerprint density at radius 1 is 1.29 bits per heavy atom. The second-order valence-electron chi connectivity index (χ2n) is 6.83. The van der Waals surface area contributed by atoms with Gasteiger partial charge in [0.05, 0.1) is 5.54 Å². The standard InChI is InChI=1S/C17H23N5OS/c1-10-8-19-15(24-10)17(3,4)22-16(23)21-13-5-6-14-12(7-13)9-18-11(2)20-14/h8-9,13H,5-7H2,1-4H3,(H2,21,22,23). The summed E-state index contributed by atoms with van der Waals surface area (Å²) < 4.78 is 0. The maximum atomic E-state index is 12.4. The van der Waals surface area contributed by atoms with Gasteiger partial charge in [-0.2, -0.15) is 0 Å². The molecule has 7 heteroatoms. The summed E-state index contributed by atoms with van der Waals surface area (Å²) in [5, 5.41) is 7.02. The first kappa shape index (κ1) is 16.8. The number of urea groups is 1. The maximum absolute atomic E-state index is 12.4. The van der Waals surface area contributed by atoms with Crippen LogP contribution in [0.2, 0.25) is 0 Å². The lowest BCUT2D eigenvalue weighted by Crippen LogP contribution is -2.50. The topological polar surface area (TPSA) is 79.8 Å². The van der Waals surface area contributed by atoms with E-state index in [2.05, 4.69) is 25.6 Å². The van der Waals surface area contributed by atoms with Gasteiger partial charge in [-0.05, 0) is 52.5 Å². The summed E-state index contributed by atoms with van der Waals surface area (Å²) in [6.07, 6.45) is 6.26. The largest absolute Gasteiger partial charge is 0.335 e. The van der Waals surface area contributed by atoms with E-state index in [4.69, 9.17) is 0 Å². The highest BCUT2D eigenvalue weighted by Gasteiger charge is 2.28. The highest BCUT2D eigenvalue weighted by molar-refractivity contribution is 7.11. The third-order valence-electron chi connectivity index (χ3n) is 4.19. The second kappa shape index (κ2) is 6.47. The molecule has 0 spiro atoms. The number of amides is 2. The van der Waals surface area contributed by atoms with Crippen molar-refractivity contribution in [2.24, 2.45) is 0 Å². The molecule has 128 valence electrons. The Balaban J connectivity index is 1.60. The Kier molecular flexibility index (Phi) is 4.54. The lowest BCUT2D eigenvalue weighted by atomic mass is 9.93. The molecule has 1 atom stereocenters. The van der Waals surface area contributed by atoms with E-state index in [1.807, 2.05) is 40.1 Å². The van der Waals surface area contributed by atoms with Crippen molar-refractivity contribution in [3.05, 3.63) is 39.4 Å². The van der Waals surface area contributed by atoms with Crippen molar-refractivity contribution in [1.29, 1.82) is 0 Å². The Morgan fingerprint density at radius 3 is 2.79 bits per heavy atom. The van der Waals surface area contributed by atoms with Gasteiger partial charge in [0.25, 0.3) is 0 Å². The minimum absolute atomic E-state index is 0.109. The van der Waals surface area contributed by atoms with Crippen LogP contribution in [0.1, 0.15) is 47.2 Å². The molecule has 3 rings (SSSR count). The number of thiazole rings is 1. The van der Waals surface area contributed by atoms with Gasteiger partial charge >= 0.3 is 6.03 Å². The Morgan fingerprint density at radius 2 is 2.08 bits per heavy atom. The number of rotatable bonds is 3. The van der Waals surface area contributed by atoms with Crippen molar-refractivity contribution in [1.82, 2.24) is 25.6 Å². The van der Waals surface area contributed by atoms with Gasteiger partial charge in [-0.1, -0.05) is 0 Å². The van der Waals surface area contributed by atoms with Crippen LogP contribution < -0.4 is 10.6 Å². The average molecular weight is 345 g/mol. The lowest BCUT2D eigenvalue weighted by Gasteiger charge is -2.28. The predicted molar refractivity (Wildman–Crippen MR) is 94.1 cm³/mol. The van der Waals surface area contributed by atoms with E-state index in [1.54, 1.807) is 11.3 Å². The van der Waals surface area contributed by atoms with E-state index >= 15 is 0 Å². The van der Waals surface area contributed by atoms with Crippen LogP contribution in [-0.2, 0) is 18.4 Å². The van der Waals surface area contributed by atoms with Crippen molar-refractivity contribution >= 4 is 17.4 Å². The number of hydrogen-bond donors (Lipinski definition) is 2. The van der Waals surface area contributed by atoms with Crippen molar-refractivity contribution in [2.75, 3.05) is 0 Å². The molecular formula is C17H23N5OS. The van der Waals surface area contributed by atoms with Crippen molar-refractivity contribution in [3.8, 4) is 0 Å². The third kappa shape index (κ3) is 3.72. The monoisotopic (exact) mass is 345 g/mol. The molecule has 2 aromatic heterocycles. The highest BCUT2D eigenvalue weighted by Crippen LogP contribution is 2.25. The van der Waals surface area contributed by atoms with Gasteiger partial charge in [-0.15, -0.1) is 11.3 Å². The minimum Gasteiger partial charge on any atom is -0.335 e. The van der Waals surface area contributed by atoms with Crippen LogP contribution in [-0.4, -0.2) is 27.0 Å². The van der Waals surface area contributed by atoms with Gasteiger partial charge in [0.1, 0.15) is 10.8 Å². The van der Waals surface area contributed by atoms with Crippen molar-refractivity contribution in [3.63, 3.8) is 0 Å². The molecule has 0 saturated heterocycles. The smallest absolute Gasteiger partial charge is 0.315 e. The van der Waals surface area contributed by atoms with Gasteiger partial charge in [0, 0.05) is 29.0 Å². The van der Waals surface area contributed by atoms with Crippen molar-refractivity contribution < 1.29 is 4.79 Å². The third-order valence-corrected chi connectivity index (χ3v) is 5.42. The molecule has 1 aliphatic rings. The van der Waals surface area contributed by atoms with E-state index in [9.17, 15) is 4.79 Å². The number of carbonyl (C=O) groups excluding carboxylic acids is 1. The summed E-state index contributed by atoms with van der Waals surface area (Å²) in [5.74, 6) is 0.804. The molecule has 0 aromatic carbocycles. The molecule has 6 nitrogen and oxygen atoms in total. The zero-order chi connectivity index (χ0) is 17.3. The van der Waals surface area contributed by atoms with E-state index in [-0.39, 0.29) is 12.1 Å². The van der Waals surface area contributed by atoms with Crippen LogP contribution >= 0.6 is 11.3 Å². The fourth-order valence-corrected chi connectivity index (χ4v) is 3.75. The normalized spacial score (nSPS) is 17.2. The Hall–Kier alpha value is -2.02. The number of nitrogens with zero attached hydrogens (tertiary/aromatic N) is 3. The molecule has 0 saturated carbocycles. The molecule has 0 bridgehead atoms. The first-order chi connectivity index (χ1) is 11.3. The zero-order valence-corrected chi connectivity index (χ0v) is 15.3. The van der Waals surface area contributed by atoms with Gasteiger partial charge in [-0.25, -0.2) is 19.7 Å². The Bertz CT molecular complexity index is 755. The fourth-order valence-electron chi connectivity index (χ4n) is 2.93. The molecule has 0 fully saturated rings. The molecule has 1 unspecified atom stereocenters. The first-order valence-corrected chi connectivity index (χ1v) is 8.98. The number of carbonyl (C=O) groups is 1. The fraction of sp³-hybridized carbons (Fsp3) is 0.529. The lowest BCUT2D eigenvalue weighted by molar-refractivity contribution is 0.224. The van der Waals surface area contributed by atoms with Gasteiger partial charge < -0.3 is 10.6 Å². The summed E-state index contributed by atoms with van der Waals surface area (Å²) >= 11 is 1.60. The van der Waals surface area contributed by atoms with Gasteiger partial charge in [-0.3, -0.25) is 0 Å². The summed E-state index contributed by atoms with van der Waals surface area (Å²) in [7, 11) is 0. The highest BCUT2D eigenvalue weighted by atomic mass is 32.1. The minimum atomic E-state index is -0.490. The maximum Gasteiger partial charge on any atom is 0.315 e. The van der Waals surface area contributed by atoms with Crippen LogP contribution in [0.15, 0.2) is 12.4 Å². The average Bonchev–Trinajstić information content (AvgIpc) is 2.94. The molecule has 2 amide bonds. The second-order valence-corrected chi connectivity index (χ2v) is 8.06. The number of nitrogens with one attached hydrogen (secondary N) is 2. The van der Waals surface area contributed by atoms with Gasteiger partial charge in [0.2, 0.25) is 0 Å².